The van der Waals surface area contributed by atoms with Crippen LogP contribution in [0.4, 0.5) is 13.2 Å². The van der Waals surface area contributed by atoms with Crippen LogP contribution >= 0.6 is 0 Å². The molecule has 0 unspecified atom stereocenters. The van der Waals surface area contributed by atoms with Crippen LogP contribution < -0.4 is 10.1 Å². The number of nitrogens with one attached hydrogen (secondary N) is 1. The Balaban J connectivity index is 2.17. The summed E-state index contributed by atoms with van der Waals surface area (Å²) in [6.45, 7) is 8.51. The Morgan fingerprint density at radius 2 is 1.65 bits per heavy atom. The van der Waals surface area contributed by atoms with Crippen LogP contribution in [0, 0.1) is 0 Å². The lowest BCUT2D eigenvalue weighted by atomic mass is 10.0. The molecule has 1 aliphatic rings. The lowest BCUT2D eigenvalue weighted by molar-refractivity contribution is -0.148. The highest BCUT2D eigenvalue weighted by atomic mass is 19.4. The smallest absolute Gasteiger partial charge is 0.390 e. The van der Waals surface area contributed by atoms with E-state index in [2.05, 4.69) is 5.32 Å². The summed E-state index contributed by atoms with van der Waals surface area (Å²) < 4.78 is 44.7. The molecule has 0 aromatic heterocycles. The molecule has 0 spiro atoms. The molecule has 0 radical (unpaired) electrons. The van der Waals surface area contributed by atoms with E-state index in [1.807, 2.05) is 25.7 Å². The average molecular weight is 330 g/mol. The number of nitrogens with zero attached hydrogens (tertiary/aromatic N) is 1. The molecule has 1 fully saturated rings. The third-order valence-electron chi connectivity index (χ3n) is 3.71. The molecule has 1 saturated heterocycles. The summed E-state index contributed by atoms with van der Waals surface area (Å²) in [5.74, 6) is 0.673. The van der Waals surface area contributed by atoms with Crippen LogP contribution in [0.25, 0.3) is 0 Å². The zero-order chi connectivity index (χ0) is 17.1. The van der Waals surface area contributed by atoms with Gasteiger partial charge in [-0.2, -0.15) is 13.2 Å². The van der Waals surface area contributed by atoms with Crippen molar-refractivity contribution < 1.29 is 17.9 Å². The number of halogens is 3. The molecule has 2 rings (SSSR count). The first-order valence-electron chi connectivity index (χ1n) is 7.94. The molecular weight excluding hydrogens is 305 g/mol. The van der Waals surface area contributed by atoms with Gasteiger partial charge in [-0.3, -0.25) is 4.90 Å². The minimum absolute atomic E-state index is 0.328. The Kier molecular flexibility index (Phi) is 5.57. The molecule has 1 aliphatic heterocycles. The second-order valence-corrected chi connectivity index (χ2v) is 6.90. The predicted molar refractivity (Wildman–Crippen MR) is 84.7 cm³/mol. The van der Waals surface area contributed by atoms with Gasteiger partial charge in [0.05, 0.1) is 6.42 Å². The van der Waals surface area contributed by atoms with E-state index in [9.17, 15) is 13.2 Å². The Morgan fingerprint density at radius 3 is 2.13 bits per heavy atom. The molecular formula is C17H25F3N2O. The number of benzene rings is 1. The van der Waals surface area contributed by atoms with Crippen LogP contribution in [0.2, 0.25) is 0 Å². The molecule has 0 amide bonds. The molecule has 130 valence electrons. The molecule has 6 heteroatoms. The van der Waals surface area contributed by atoms with Crippen LogP contribution in [0.1, 0.15) is 38.8 Å². The van der Waals surface area contributed by atoms with Gasteiger partial charge in [-0.15, -0.1) is 0 Å². The number of alkyl halides is 3. The maximum Gasteiger partial charge on any atom is 0.390 e. The quantitative estimate of drug-likeness (QED) is 0.910. The number of piperazine rings is 1. The molecule has 1 heterocycles. The summed E-state index contributed by atoms with van der Waals surface area (Å²) in [6.07, 6.45) is -5.01. The number of ether oxygens (including phenoxy) is 1. The van der Waals surface area contributed by atoms with Crippen molar-refractivity contribution in [3.63, 3.8) is 0 Å². The van der Waals surface area contributed by atoms with Gasteiger partial charge in [0.25, 0.3) is 0 Å². The molecule has 1 aromatic rings. The monoisotopic (exact) mass is 330 g/mol. The van der Waals surface area contributed by atoms with Crippen LogP contribution in [0.3, 0.4) is 0 Å². The van der Waals surface area contributed by atoms with Gasteiger partial charge in [-0.05, 0) is 38.5 Å². The van der Waals surface area contributed by atoms with Crippen molar-refractivity contribution in [1.29, 1.82) is 0 Å². The molecule has 0 saturated carbocycles. The van der Waals surface area contributed by atoms with Crippen molar-refractivity contribution in [1.82, 2.24) is 10.2 Å². The molecule has 0 bridgehead atoms. The summed E-state index contributed by atoms with van der Waals surface area (Å²) in [4.78, 5) is 1.91. The van der Waals surface area contributed by atoms with Crippen molar-refractivity contribution >= 4 is 0 Å². The standard InChI is InChI=1S/C17H25F3N2O/c1-16(2,3)23-14-6-4-13(5-7-14)15(12-17(18,19)20)22-10-8-21-9-11-22/h4-7,15,21H,8-12H2,1-3H3/t15-/m0/s1. The fourth-order valence-electron chi connectivity index (χ4n) is 2.78. The highest BCUT2D eigenvalue weighted by Crippen LogP contribution is 2.34. The molecule has 0 aliphatic carbocycles. The summed E-state index contributed by atoms with van der Waals surface area (Å²) in [7, 11) is 0. The SMILES string of the molecule is CC(C)(C)Oc1ccc([C@H](CC(F)(F)F)N2CCNCC2)cc1. The second-order valence-electron chi connectivity index (χ2n) is 6.90. The minimum Gasteiger partial charge on any atom is -0.488 e. The van der Waals surface area contributed by atoms with Crippen LogP contribution in [0.15, 0.2) is 24.3 Å². The van der Waals surface area contributed by atoms with Crippen molar-refractivity contribution in [2.45, 2.75) is 45.0 Å². The molecule has 1 atom stereocenters. The average Bonchev–Trinajstić information content (AvgIpc) is 2.44. The summed E-state index contributed by atoms with van der Waals surface area (Å²) in [5, 5.41) is 3.18. The highest BCUT2D eigenvalue weighted by Gasteiger charge is 2.35. The first kappa shape index (κ1) is 18.1. The van der Waals surface area contributed by atoms with Crippen LogP contribution in [-0.4, -0.2) is 42.9 Å². The van der Waals surface area contributed by atoms with Gasteiger partial charge in [0, 0.05) is 32.2 Å². The second kappa shape index (κ2) is 7.09. The van der Waals surface area contributed by atoms with Gasteiger partial charge in [-0.25, -0.2) is 0 Å². The Labute approximate surface area is 135 Å². The maximum absolute atomic E-state index is 13.0. The van der Waals surface area contributed by atoms with Crippen molar-refractivity contribution in [3.8, 4) is 5.75 Å². The van der Waals surface area contributed by atoms with Crippen molar-refractivity contribution in [3.05, 3.63) is 29.8 Å². The number of rotatable bonds is 4. The van der Waals surface area contributed by atoms with Gasteiger partial charge >= 0.3 is 6.18 Å². The zero-order valence-electron chi connectivity index (χ0n) is 13.9. The van der Waals surface area contributed by atoms with E-state index >= 15 is 0 Å². The fraction of sp³-hybridized carbons (Fsp3) is 0.647. The topological polar surface area (TPSA) is 24.5 Å². The third-order valence-corrected chi connectivity index (χ3v) is 3.71. The van der Waals surface area contributed by atoms with Crippen LogP contribution in [0.5, 0.6) is 5.75 Å². The van der Waals surface area contributed by atoms with Gasteiger partial charge in [0.2, 0.25) is 0 Å². The van der Waals surface area contributed by atoms with Gasteiger partial charge in [-0.1, -0.05) is 12.1 Å². The van der Waals surface area contributed by atoms with Gasteiger partial charge < -0.3 is 10.1 Å². The van der Waals surface area contributed by atoms with Crippen LogP contribution in [-0.2, 0) is 0 Å². The van der Waals surface area contributed by atoms with E-state index < -0.39 is 18.6 Å². The normalized spacial score (nSPS) is 18.7. The van der Waals surface area contributed by atoms with E-state index in [4.69, 9.17) is 4.74 Å². The highest BCUT2D eigenvalue weighted by molar-refractivity contribution is 5.30. The van der Waals surface area contributed by atoms with Crippen molar-refractivity contribution in [2.75, 3.05) is 26.2 Å². The zero-order valence-corrected chi connectivity index (χ0v) is 13.9. The van der Waals surface area contributed by atoms with Crippen molar-refractivity contribution in [2.24, 2.45) is 0 Å². The number of hydrogen-bond donors (Lipinski definition) is 1. The Bertz CT molecular complexity index is 488. The first-order chi connectivity index (χ1) is 10.6. The molecule has 23 heavy (non-hydrogen) atoms. The summed E-state index contributed by atoms with van der Waals surface area (Å²) in [6, 6.07) is 6.37. The summed E-state index contributed by atoms with van der Waals surface area (Å²) in [5.41, 5.74) is 0.358. The van der Waals surface area contributed by atoms with Gasteiger partial charge in [0.15, 0.2) is 0 Å². The van der Waals surface area contributed by atoms with E-state index in [-0.39, 0.29) is 5.60 Å². The molecule has 1 N–H and O–H groups in total. The molecule has 1 aromatic carbocycles. The largest absolute Gasteiger partial charge is 0.488 e. The van der Waals surface area contributed by atoms with Gasteiger partial charge in [0.1, 0.15) is 11.4 Å². The Hall–Kier alpha value is -1.27. The fourth-order valence-corrected chi connectivity index (χ4v) is 2.78. The Morgan fingerprint density at radius 1 is 1.09 bits per heavy atom. The minimum atomic E-state index is -4.18. The number of hydrogen-bond acceptors (Lipinski definition) is 3. The third kappa shape index (κ3) is 6.03. The molecule has 3 nitrogen and oxygen atoms in total. The lowest BCUT2D eigenvalue weighted by Gasteiger charge is -2.35. The maximum atomic E-state index is 13.0. The van der Waals surface area contributed by atoms with E-state index in [0.717, 1.165) is 13.1 Å². The van der Waals surface area contributed by atoms with E-state index in [1.54, 1.807) is 24.3 Å². The van der Waals surface area contributed by atoms with E-state index in [1.165, 1.54) is 0 Å². The predicted octanol–water partition coefficient (Wildman–Crippen LogP) is 3.76. The van der Waals surface area contributed by atoms with E-state index in [0.29, 0.717) is 24.4 Å². The lowest BCUT2D eigenvalue weighted by Crippen LogP contribution is -2.46. The first-order valence-corrected chi connectivity index (χ1v) is 7.94. The summed E-state index contributed by atoms with van der Waals surface area (Å²) >= 11 is 0.